The van der Waals surface area contributed by atoms with Gasteiger partial charge in [0, 0.05) is 15.6 Å². The number of ether oxygens (including phenoxy) is 1. The van der Waals surface area contributed by atoms with Gasteiger partial charge in [-0.05, 0) is 29.8 Å². The minimum Gasteiger partial charge on any atom is -0.489 e. The fourth-order valence-corrected chi connectivity index (χ4v) is 2.38. The second kappa shape index (κ2) is 8.66. The molecule has 2 aromatic rings. The van der Waals surface area contributed by atoms with E-state index in [0.717, 1.165) is 0 Å². The molecule has 0 spiro atoms. The minimum atomic E-state index is -6.45. The Morgan fingerprint density at radius 3 is 2.28 bits per heavy atom. The molecule has 29 heavy (non-hydrogen) atoms. The Labute approximate surface area is 170 Å². The largest absolute Gasteiger partial charge is 0.489 e. The Morgan fingerprint density at radius 2 is 1.66 bits per heavy atom. The maximum absolute atomic E-state index is 13.1. The van der Waals surface area contributed by atoms with Crippen molar-refractivity contribution in [1.82, 2.24) is 5.43 Å². The third-order valence-corrected chi connectivity index (χ3v) is 4.02. The summed E-state index contributed by atoms with van der Waals surface area (Å²) in [5, 5.41) is 3.56. The molecule has 0 atom stereocenters. The smallest absolute Gasteiger partial charge is 0.462 e. The van der Waals surface area contributed by atoms with E-state index in [4.69, 9.17) is 27.9 Å². The fourth-order valence-electron chi connectivity index (χ4n) is 1.92. The molecule has 158 valence electrons. The van der Waals surface area contributed by atoms with E-state index < -0.39 is 18.1 Å². The van der Waals surface area contributed by atoms with Gasteiger partial charge >= 0.3 is 18.1 Å². The van der Waals surface area contributed by atoms with Gasteiger partial charge < -0.3 is 4.74 Å². The zero-order valence-electron chi connectivity index (χ0n) is 14.1. The Bertz CT molecular complexity index is 888. The van der Waals surface area contributed by atoms with Gasteiger partial charge in [-0.2, -0.15) is 35.8 Å². The summed E-state index contributed by atoms with van der Waals surface area (Å²) in [7, 11) is 0. The van der Waals surface area contributed by atoms with Crippen molar-refractivity contribution < 1.29 is 35.5 Å². The second-order valence-electron chi connectivity index (χ2n) is 5.61. The van der Waals surface area contributed by atoms with Crippen LogP contribution in [0.5, 0.6) is 5.75 Å². The predicted octanol–water partition coefficient (Wildman–Crippen LogP) is 6.29. The Balaban J connectivity index is 2.04. The van der Waals surface area contributed by atoms with E-state index in [1.165, 1.54) is 30.3 Å². The molecule has 0 heterocycles. The number of hydrazone groups is 1. The van der Waals surface area contributed by atoms with Crippen molar-refractivity contribution >= 4 is 29.4 Å². The van der Waals surface area contributed by atoms with Crippen LogP contribution in [0, 0.1) is 0 Å². The van der Waals surface area contributed by atoms with Gasteiger partial charge in [0.15, 0.2) is 0 Å². The highest BCUT2D eigenvalue weighted by Gasteiger charge is 2.73. The number of nitrogens with one attached hydrogen (secondary N) is 1. The molecule has 3 nitrogen and oxygen atoms in total. The van der Waals surface area contributed by atoms with Crippen LogP contribution in [0.2, 0.25) is 10.0 Å². The zero-order chi connectivity index (χ0) is 21.9. The molecule has 2 rings (SSSR count). The highest BCUT2D eigenvalue weighted by Crippen LogP contribution is 2.45. The highest BCUT2D eigenvalue weighted by molar-refractivity contribution is 6.35. The number of hydrogen-bond acceptors (Lipinski definition) is 3. The molecule has 0 saturated heterocycles. The molecule has 0 unspecified atom stereocenters. The summed E-state index contributed by atoms with van der Waals surface area (Å²) >= 11 is 11.8. The maximum atomic E-state index is 13.1. The summed E-state index contributed by atoms with van der Waals surface area (Å²) in [5.41, 5.74) is 1.24. The van der Waals surface area contributed by atoms with Crippen LogP contribution in [0.3, 0.4) is 0 Å². The zero-order valence-corrected chi connectivity index (χ0v) is 15.6. The first-order valence-corrected chi connectivity index (χ1v) is 8.38. The molecule has 1 N–H and O–H groups in total. The molecule has 0 amide bonds. The van der Waals surface area contributed by atoms with Crippen molar-refractivity contribution in [3.8, 4) is 5.75 Å². The Morgan fingerprint density at radius 1 is 0.966 bits per heavy atom. The van der Waals surface area contributed by atoms with E-state index >= 15 is 0 Å². The van der Waals surface area contributed by atoms with Crippen molar-refractivity contribution in [2.75, 3.05) is 0 Å². The third-order valence-electron chi connectivity index (χ3n) is 3.44. The first-order valence-electron chi connectivity index (χ1n) is 7.63. The van der Waals surface area contributed by atoms with Gasteiger partial charge in [-0.15, -0.1) is 0 Å². The van der Waals surface area contributed by atoms with Gasteiger partial charge in [-0.25, -0.2) is 5.43 Å². The van der Waals surface area contributed by atoms with Crippen LogP contribution in [0.1, 0.15) is 11.1 Å². The lowest BCUT2D eigenvalue weighted by molar-refractivity contribution is -0.361. The molecular formula is C17H11Cl2F7N2O. The average molecular weight is 463 g/mol. The first-order chi connectivity index (χ1) is 13.3. The van der Waals surface area contributed by atoms with E-state index in [1.54, 1.807) is 12.1 Å². The van der Waals surface area contributed by atoms with Crippen LogP contribution in [0.4, 0.5) is 30.7 Å². The molecular weight excluding hydrogens is 452 g/mol. The quantitative estimate of drug-likeness (QED) is 0.227. The molecule has 2 aromatic carbocycles. The van der Waals surface area contributed by atoms with Gasteiger partial charge in [0.05, 0.1) is 6.21 Å². The number of rotatable bonds is 7. The van der Waals surface area contributed by atoms with Crippen molar-refractivity contribution in [2.45, 2.75) is 24.8 Å². The molecule has 0 aliphatic rings. The number of alkyl halides is 7. The van der Waals surface area contributed by atoms with Crippen molar-refractivity contribution in [3.05, 3.63) is 63.6 Å². The normalized spacial score (nSPS) is 13.0. The minimum absolute atomic E-state index is 0.0325. The lowest BCUT2D eigenvalue weighted by atomic mass is 10.2. The summed E-state index contributed by atoms with van der Waals surface area (Å²) in [6, 6.07) is 4.67. The fraction of sp³-hybridized carbons (Fsp3) is 0.235. The summed E-state index contributed by atoms with van der Waals surface area (Å²) in [6.07, 6.45) is -5.81. The number of hydrogen-bond donors (Lipinski definition) is 1. The van der Waals surface area contributed by atoms with Crippen LogP contribution >= 0.6 is 23.2 Å². The molecule has 0 saturated carbocycles. The molecule has 12 heteroatoms. The lowest BCUT2D eigenvalue weighted by Crippen LogP contribution is -2.58. The van der Waals surface area contributed by atoms with E-state index in [1.807, 2.05) is 0 Å². The van der Waals surface area contributed by atoms with Crippen LogP contribution in [-0.4, -0.2) is 24.4 Å². The first kappa shape index (κ1) is 23.1. The summed E-state index contributed by atoms with van der Waals surface area (Å²) in [6.45, 7) is 0.0325. The Hall–Kier alpha value is -2.20. The van der Waals surface area contributed by atoms with E-state index in [2.05, 4.69) is 5.10 Å². The van der Waals surface area contributed by atoms with Crippen molar-refractivity contribution in [3.63, 3.8) is 0 Å². The van der Waals surface area contributed by atoms with E-state index in [0.29, 0.717) is 27.2 Å². The van der Waals surface area contributed by atoms with Crippen LogP contribution in [0.25, 0.3) is 0 Å². The average Bonchev–Trinajstić information content (AvgIpc) is 2.60. The van der Waals surface area contributed by atoms with Gasteiger partial charge in [-0.1, -0.05) is 41.4 Å². The monoisotopic (exact) mass is 462 g/mol. The SMILES string of the molecule is FC(F)(F)C(F)(F)C(F)(F)N/N=C\c1cccc(OCc2ccc(Cl)cc2Cl)c1. The summed E-state index contributed by atoms with van der Waals surface area (Å²) in [4.78, 5) is 0. The van der Waals surface area contributed by atoms with Crippen molar-refractivity contribution in [1.29, 1.82) is 0 Å². The van der Waals surface area contributed by atoms with Crippen LogP contribution in [0.15, 0.2) is 47.6 Å². The lowest BCUT2D eigenvalue weighted by Gasteiger charge is -2.27. The number of benzene rings is 2. The second-order valence-corrected chi connectivity index (χ2v) is 6.46. The number of halogens is 9. The maximum Gasteiger partial charge on any atom is 0.462 e. The van der Waals surface area contributed by atoms with Gasteiger partial charge in [-0.3, -0.25) is 0 Å². The van der Waals surface area contributed by atoms with Gasteiger partial charge in [0.25, 0.3) is 0 Å². The number of nitrogens with zero attached hydrogens (tertiary/aromatic N) is 1. The molecule has 0 radical (unpaired) electrons. The highest BCUT2D eigenvalue weighted by atomic mass is 35.5. The summed E-state index contributed by atoms with van der Waals surface area (Å²) < 4.78 is 93.4. The third kappa shape index (κ3) is 5.66. The van der Waals surface area contributed by atoms with Crippen LogP contribution < -0.4 is 10.2 Å². The molecule has 0 aromatic heterocycles. The van der Waals surface area contributed by atoms with Crippen molar-refractivity contribution in [2.24, 2.45) is 5.10 Å². The predicted molar refractivity (Wildman–Crippen MR) is 93.9 cm³/mol. The summed E-state index contributed by atoms with van der Waals surface area (Å²) in [5.74, 6) is -6.06. The van der Waals surface area contributed by atoms with E-state index in [-0.39, 0.29) is 17.9 Å². The molecule has 0 fully saturated rings. The van der Waals surface area contributed by atoms with E-state index in [9.17, 15) is 30.7 Å². The topological polar surface area (TPSA) is 33.6 Å². The molecule has 0 bridgehead atoms. The standard InChI is InChI=1S/C17H11Cl2F7N2O/c18-12-5-4-11(14(19)7-12)9-29-13-3-1-2-10(6-13)8-27-28-17(25,26)15(20,21)16(22,23)24/h1-8,28H,9H2/b27-8-. The Kier molecular flexibility index (Phi) is 6.89. The van der Waals surface area contributed by atoms with Gasteiger partial charge in [0.1, 0.15) is 12.4 Å². The molecule has 0 aliphatic heterocycles. The van der Waals surface area contributed by atoms with Crippen LogP contribution in [-0.2, 0) is 6.61 Å². The van der Waals surface area contributed by atoms with Gasteiger partial charge in [0.2, 0.25) is 0 Å². The molecule has 0 aliphatic carbocycles.